The fraction of sp³-hybridized carbons (Fsp3) is 0.129. The van der Waals surface area contributed by atoms with Crippen LogP contribution in [-0.4, -0.2) is 48.9 Å². The Balaban J connectivity index is 1.38. The molecule has 0 unspecified atom stereocenters. The maximum absolute atomic E-state index is 13.4. The zero-order valence-corrected chi connectivity index (χ0v) is 22.4. The molecule has 0 fully saturated rings. The highest BCUT2D eigenvalue weighted by atomic mass is 16.4. The fourth-order valence-corrected chi connectivity index (χ4v) is 4.55. The van der Waals surface area contributed by atoms with Gasteiger partial charge >= 0.3 is 5.97 Å². The summed E-state index contributed by atoms with van der Waals surface area (Å²) >= 11 is 0. The molecule has 0 aliphatic heterocycles. The number of aryl methyl sites for hydroxylation is 2. The fourth-order valence-electron chi connectivity index (χ4n) is 4.55. The van der Waals surface area contributed by atoms with E-state index < -0.39 is 5.97 Å². The van der Waals surface area contributed by atoms with Gasteiger partial charge in [-0.15, -0.1) is 0 Å². The van der Waals surface area contributed by atoms with Crippen LogP contribution in [0.2, 0.25) is 0 Å². The van der Waals surface area contributed by atoms with Gasteiger partial charge in [-0.25, -0.2) is 0 Å². The van der Waals surface area contributed by atoms with E-state index in [1.165, 1.54) is 6.21 Å². The lowest BCUT2D eigenvalue weighted by Gasteiger charge is -2.08. The highest BCUT2D eigenvalue weighted by Crippen LogP contribution is 2.28. The second kappa shape index (κ2) is 11.3. The van der Waals surface area contributed by atoms with Crippen molar-refractivity contribution in [1.29, 1.82) is 0 Å². The monoisotopic (exact) mass is 549 g/mol. The number of aliphatic carboxylic acids is 1. The van der Waals surface area contributed by atoms with Crippen LogP contribution in [0.4, 0.5) is 11.4 Å². The summed E-state index contributed by atoms with van der Waals surface area (Å²) in [5, 5.41) is 27.2. The Hall–Kier alpha value is -5.51. The van der Waals surface area contributed by atoms with Crippen LogP contribution in [0.15, 0.2) is 77.8 Å². The zero-order valence-electron chi connectivity index (χ0n) is 22.4. The van der Waals surface area contributed by atoms with Crippen LogP contribution in [0.3, 0.4) is 0 Å². The van der Waals surface area contributed by atoms with E-state index in [0.29, 0.717) is 56.8 Å². The lowest BCUT2D eigenvalue weighted by molar-refractivity contribution is -0.136. The Bertz CT molecular complexity index is 1810. The summed E-state index contributed by atoms with van der Waals surface area (Å²) in [5.41, 5.74) is 4.71. The molecule has 0 saturated heterocycles. The van der Waals surface area contributed by atoms with Crippen molar-refractivity contribution in [1.82, 2.24) is 14.8 Å². The van der Waals surface area contributed by atoms with Crippen LogP contribution in [0.25, 0.3) is 10.9 Å². The second-order valence-corrected chi connectivity index (χ2v) is 9.49. The van der Waals surface area contributed by atoms with E-state index in [4.69, 9.17) is 5.11 Å². The van der Waals surface area contributed by atoms with E-state index in [0.717, 1.165) is 5.69 Å². The van der Waals surface area contributed by atoms with Gasteiger partial charge in [0, 0.05) is 40.5 Å². The minimum Gasteiger partial charge on any atom is -0.494 e. The molecule has 0 spiro atoms. The zero-order chi connectivity index (χ0) is 29.1. The number of ketones is 1. The predicted octanol–water partition coefficient (Wildman–Crippen LogP) is 5.26. The molecule has 0 saturated carbocycles. The van der Waals surface area contributed by atoms with Crippen LogP contribution >= 0.6 is 0 Å². The molecule has 0 aliphatic rings. The van der Waals surface area contributed by atoms with E-state index >= 15 is 0 Å². The second-order valence-electron chi connectivity index (χ2n) is 9.49. The average molecular weight is 550 g/mol. The number of carbonyl (C=O) groups is 3. The first kappa shape index (κ1) is 27.1. The molecule has 1 amide bonds. The molecule has 5 rings (SSSR count). The Morgan fingerprint density at radius 3 is 2.51 bits per heavy atom. The van der Waals surface area contributed by atoms with Crippen molar-refractivity contribution >= 4 is 46.2 Å². The number of carbonyl (C=O) groups excluding carboxylic acids is 2. The molecule has 4 N–H and O–H groups in total. The molecule has 0 radical (unpaired) electrons. The molecule has 41 heavy (non-hydrogen) atoms. The maximum atomic E-state index is 13.4. The number of aromatic nitrogens is 3. The molecule has 10 heteroatoms. The summed E-state index contributed by atoms with van der Waals surface area (Å²) < 4.78 is 1.62. The number of amides is 1. The van der Waals surface area contributed by atoms with Crippen molar-refractivity contribution in [2.45, 2.75) is 26.8 Å². The quantitative estimate of drug-likeness (QED) is 0.146. The lowest BCUT2D eigenvalue weighted by Crippen LogP contribution is -2.17. The molecule has 206 valence electrons. The summed E-state index contributed by atoms with van der Waals surface area (Å²) in [6, 6.07) is 20.2. The predicted molar refractivity (Wildman–Crippen MR) is 155 cm³/mol. The first-order valence-electron chi connectivity index (χ1n) is 12.9. The number of nitrogens with one attached hydrogen (secondary N) is 2. The number of H-pyrrole nitrogens is 1. The lowest BCUT2D eigenvalue weighted by atomic mass is 10.0. The number of aromatic amines is 1. The van der Waals surface area contributed by atoms with Crippen molar-refractivity contribution in [2.75, 3.05) is 5.32 Å². The van der Waals surface area contributed by atoms with Gasteiger partial charge in [0.2, 0.25) is 0 Å². The first-order chi connectivity index (χ1) is 19.7. The number of fused-ring (bicyclic) bond motifs is 1. The standard InChI is InChI=1S/C31H27N5O5/c1-3-36-27(13-18(2)35-36)31(41)33-23-6-4-5-20(15-23)29(39)21-9-12-26-24(16-21)25(30(40)34-26)17-32-22-10-7-19(8-11-22)14-28(37)38/h4-13,15-17,34,40H,3,14H2,1-2H3,(H,33,41)(H,37,38). The smallest absolute Gasteiger partial charge is 0.307 e. The van der Waals surface area contributed by atoms with Crippen molar-refractivity contribution < 1.29 is 24.6 Å². The summed E-state index contributed by atoms with van der Waals surface area (Å²) in [7, 11) is 0. The van der Waals surface area contributed by atoms with Crippen molar-refractivity contribution in [3.8, 4) is 5.88 Å². The number of carboxylic acids is 1. The van der Waals surface area contributed by atoms with Gasteiger partial charge in [-0.3, -0.25) is 24.1 Å². The molecule has 0 bridgehead atoms. The highest BCUT2D eigenvalue weighted by Gasteiger charge is 2.17. The van der Waals surface area contributed by atoms with E-state index in [1.807, 2.05) is 13.8 Å². The van der Waals surface area contributed by atoms with Gasteiger partial charge in [-0.1, -0.05) is 24.3 Å². The number of nitrogens with zero attached hydrogens (tertiary/aromatic N) is 3. The van der Waals surface area contributed by atoms with E-state index in [2.05, 4.69) is 20.4 Å². The first-order valence-corrected chi connectivity index (χ1v) is 12.9. The molecule has 2 heterocycles. The van der Waals surface area contributed by atoms with Gasteiger partial charge < -0.3 is 20.5 Å². The molecular formula is C31H27N5O5. The normalized spacial score (nSPS) is 11.3. The third-order valence-electron chi connectivity index (χ3n) is 6.53. The highest BCUT2D eigenvalue weighted by molar-refractivity contribution is 6.13. The molecule has 2 aromatic heterocycles. The molecular weight excluding hydrogens is 522 g/mol. The minimum absolute atomic E-state index is 0.0798. The summed E-state index contributed by atoms with van der Waals surface area (Å²) in [6.07, 6.45) is 1.41. The van der Waals surface area contributed by atoms with E-state index in [9.17, 15) is 19.5 Å². The number of aromatic hydroxyl groups is 1. The third-order valence-corrected chi connectivity index (χ3v) is 6.53. The molecule has 3 aromatic carbocycles. The number of benzene rings is 3. The number of anilines is 1. The van der Waals surface area contributed by atoms with Crippen LogP contribution < -0.4 is 5.32 Å². The number of hydrogen-bond donors (Lipinski definition) is 4. The van der Waals surface area contributed by atoms with Gasteiger partial charge in [0.15, 0.2) is 11.7 Å². The Labute approximate surface area is 235 Å². The molecule has 5 aromatic rings. The largest absolute Gasteiger partial charge is 0.494 e. The van der Waals surface area contributed by atoms with Crippen LogP contribution in [0.1, 0.15) is 50.2 Å². The van der Waals surface area contributed by atoms with Gasteiger partial charge in [0.05, 0.1) is 23.4 Å². The van der Waals surface area contributed by atoms with Crippen molar-refractivity contribution in [3.63, 3.8) is 0 Å². The maximum Gasteiger partial charge on any atom is 0.307 e. The summed E-state index contributed by atoms with van der Waals surface area (Å²) in [5.74, 6) is -1.58. The van der Waals surface area contributed by atoms with Crippen molar-refractivity contribution in [3.05, 3.63) is 106 Å². The van der Waals surface area contributed by atoms with E-state index in [1.54, 1.807) is 77.5 Å². The SMILES string of the molecule is CCn1nc(C)cc1C(=O)Nc1cccc(C(=O)c2ccc3[nH]c(O)c(C=Nc4ccc(CC(=O)O)cc4)c3c2)c1. The molecule has 0 aliphatic carbocycles. The number of aliphatic imine (C=N–C) groups is 1. The number of rotatable bonds is 9. The Kier molecular flexibility index (Phi) is 7.47. The Morgan fingerprint density at radius 1 is 1.02 bits per heavy atom. The Morgan fingerprint density at radius 2 is 1.78 bits per heavy atom. The number of hydrogen-bond acceptors (Lipinski definition) is 6. The minimum atomic E-state index is -0.915. The summed E-state index contributed by atoms with van der Waals surface area (Å²) in [4.78, 5) is 44.5. The average Bonchev–Trinajstić information content (AvgIpc) is 3.50. The summed E-state index contributed by atoms with van der Waals surface area (Å²) in [6.45, 7) is 4.28. The molecule has 10 nitrogen and oxygen atoms in total. The van der Waals surface area contributed by atoms with Crippen molar-refractivity contribution in [2.24, 2.45) is 4.99 Å². The van der Waals surface area contributed by atoms with Gasteiger partial charge in [0.25, 0.3) is 5.91 Å². The van der Waals surface area contributed by atoms with Crippen LogP contribution in [0.5, 0.6) is 5.88 Å². The topological polar surface area (TPSA) is 150 Å². The van der Waals surface area contributed by atoms with E-state index in [-0.39, 0.29) is 24.0 Å². The number of carboxylic acid groups (broad SMARTS) is 1. The van der Waals surface area contributed by atoms with Crippen LogP contribution in [0, 0.1) is 6.92 Å². The van der Waals surface area contributed by atoms with Crippen LogP contribution in [-0.2, 0) is 17.8 Å². The van der Waals surface area contributed by atoms with Gasteiger partial charge in [-0.2, -0.15) is 5.10 Å². The third kappa shape index (κ3) is 5.91. The molecule has 0 atom stereocenters. The van der Waals surface area contributed by atoms with Gasteiger partial charge in [0.1, 0.15) is 5.69 Å². The van der Waals surface area contributed by atoms with Gasteiger partial charge in [-0.05, 0) is 67.9 Å².